The van der Waals surface area contributed by atoms with Gasteiger partial charge < -0.3 is 30.5 Å². The van der Waals surface area contributed by atoms with Crippen molar-refractivity contribution in [2.24, 2.45) is 0 Å². The third-order valence-electron chi connectivity index (χ3n) is 3.26. The molecule has 1 saturated heterocycles. The summed E-state index contributed by atoms with van der Waals surface area (Å²) in [5.41, 5.74) is 0.151. The molecule has 0 aromatic heterocycles. The number of nitro benzene ring substituents is 1. The zero-order chi connectivity index (χ0) is 15.6. The van der Waals surface area contributed by atoms with E-state index in [1.807, 2.05) is 0 Å². The Bertz CT molecular complexity index is 510. The smallest absolute Gasteiger partial charge is 0.271 e. The Morgan fingerprint density at radius 3 is 2.57 bits per heavy atom. The van der Waals surface area contributed by atoms with Gasteiger partial charge in [0.25, 0.3) is 5.69 Å². The molecule has 21 heavy (non-hydrogen) atoms. The molecule has 1 heterocycles. The second-order valence-corrected chi connectivity index (χ2v) is 4.70. The minimum absolute atomic E-state index is 0.149. The van der Waals surface area contributed by atoms with Gasteiger partial charge >= 0.3 is 0 Å². The summed E-state index contributed by atoms with van der Waals surface area (Å²) >= 11 is 0. The summed E-state index contributed by atoms with van der Waals surface area (Å²) in [7, 11) is 0. The highest BCUT2D eigenvalue weighted by Crippen LogP contribution is 2.24. The molecule has 2 rings (SSSR count). The Labute approximate surface area is 119 Å². The number of nitrogens with zero attached hydrogens (tertiary/aromatic N) is 1. The van der Waals surface area contributed by atoms with Gasteiger partial charge in [-0.2, -0.15) is 0 Å². The largest absolute Gasteiger partial charge is 0.394 e. The lowest BCUT2D eigenvalue weighted by Gasteiger charge is -2.40. The molecule has 5 N–H and O–H groups in total. The van der Waals surface area contributed by atoms with Gasteiger partial charge in [-0.15, -0.1) is 0 Å². The number of rotatable bonds is 4. The SMILES string of the molecule is O=[N+]([O-])c1cccc(N[C@@H]2OC(CO)[C@@H](O)C(O)C2O)c1. The molecule has 5 atom stereocenters. The van der Waals surface area contributed by atoms with Crippen molar-refractivity contribution in [3.8, 4) is 0 Å². The van der Waals surface area contributed by atoms with E-state index in [9.17, 15) is 25.4 Å². The van der Waals surface area contributed by atoms with Crippen LogP contribution in [0.1, 0.15) is 0 Å². The van der Waals surface area contributed by atoms with Crippen molar-refractivity contribution in [1.82, 2.24) is 0 Å². The molecule has 9 nitrogen and oxygen atoms in total. The normalized spacial score (nSPS) is 32.7. The molecule has 1 aliphatic rings. The van der Waals surface area contributed by atoms with Crippen LogP contribution in [-0.2, 0) is 4.74 Å². The number of anilines is 1. The fourth-order valence-electron chi connectivity index (χ4n) is 2.09. The van der Waals surface area contributed by atoms with Crippen molar-refractivity contribution in [2.75, 3.05) is 11.9 Å². The van der Waals surface area contributed by atoms with Crippen molar-refractivity contribution in [3.63, 3.8) is 0 Å². The monoisotopic (exact) mass is 300 g/mol. The number of hydrogen-bond acceptors (Lipinski definition) is 8. The fourth-order valence-corrected chi connectivity index (χ4v) is 2.09. The van der Waals surface area contributed by atoms with E-state index in [4.69, 9.17) is 9.84 Å². The molecule has 0 spiro atoms. The van der Waals surface area contributed by atoms with Gasteiger partial charge in [-0.25, -0.2) is 0 Å². The number of nitrogens with one attached hydrogen (secondary N) is 1. The van der Waals surface area contributed by atoms with Crippen molar-refractivity contribution < 1.29 is 30.1 Å². The minimum atomic E-state index is -1.51. The molecule has 116 valence electrons. The van der Waals surface area contributed by atoms with Gasteiger partial charge in [0, 0.05) is 17.8 Å². The number of hydrogen-bond donors (Lipinski definition) is 5. The molecule has 9 heteroatoms. The molecule has 0 amide bonds. The topological polar surface area (TPSA) is 145 Å². The van der Waals surface area contributed by atoms with Crippen LogP contribution in [0.25, 0.3) is 0 Å². The van der Waals surface area contributed by atoms with E-state index < -0.39 is 42.2 Å². The standard InChI is InChI=1S/C12H16N2O7/c15-5-8-9(16)10(17)11(18)12(21-8)13-6-2-1-3-7(4-6)14(19)20/h1-4,8-13,15-18H,5H2/t8?,9-,10?,11?,12-/m1/s1. The van der Waals surface area contributed by atoms with Crippen LogP contribution < -0.4 is 5.32 Å². The molecule has 1 aromatic carbocycles. The van der Waals surface area contributed by atoms with Gasteiger partial charge in [0.05, 0.1) is 11.5 Å². The van der Waals surface area contributed by atoms with Gasteiger partial charge in [-0.1, -0.05) is 6.07 Å². The lowest BCUT2D eigenvalue weighted by Crippen LogP contribution is -2.60. The van der Waals surface area contributed by atoms with Crippen LogP contribution in [0.3, 0.4) is 0 Å². The maximum absolute atomic E-state index is 10.7. The minimum Gasteiger partial charge on any atom is -0.394 e. The summed E-state index contributed by atoms with van der Waals surface area (Å²) < 4.78 is 5.24. The number of non-ortho nitro benzene ring substituents is 1. The molecule has 3 unspecified atom stereocenters. The summed E-state index contributed by atoms with van der Waals surface area (Å²) in [6, 6.07) is 5.51. The van der Waals surface area contributed by atoms with Gasteiger partial charge in [0.2, 0.25) is 0 Å². The highest BCUT2D eigenvalue weighted by Gasteiger charge is 2.43. The average Bonchev–Trinajstić information content (AvgIpc) is 2.48. The molecule has 1 aliphatic heterocycles. The number of nitro groups is 1. The second-order valence-electron chi connectivity index (χ2n) is 4.70. The first-order valence-corrected chi connectivity index (χ1v) is 6.25. The molecule has 1 aromatic rings. The lowest BCUT2D eigenvalue weighted by atomic mass is 9.98. The Morgan fingerprint density at radius 2 is 1.95 bits per heavy atom. The predicted octanol–water partition coefficient (Wildman–Crippen LogP) is -1.19. The Hall–Kier alpha value is -1.78. The van der Waals surface area contributed by atoms with Crippen LogP contribution in [-0.4, -0.2) is 62.6 Å². The first-order chi connectivity index (χ1) is 9.93. The zero-order valence-electron chi connectivity index (χ0n) is 10.9. The fraction of sp³-hybridized carbons (Fsp3) is 0.500. The number of benzene rings is 1. The predicted molar refractivity (Wildman–Crippen MR) is 70.5 cm³/mol. The molecule has 0 radical (unpaired) electrons. The van der Waals surface area contributed by atoms with Crippen LogP contribution in [0.4, 0.5) is 11.4 Å². The second kappa shape index (κ2) is 6.33. The van der Waals surface area contributed by atoms with E-state index in [-0.39, 0.29) is 5.69 Å². The first kappa shape index (κ1) is 15.6. The quantitative estimate of drug-likeness (QED) is 0.344. The number of aliphatic hydroxyl groups excluding tert-OH is 4. The van der Waals surface area contributed by atoms with Crippen molar-refractivity contribution >= 4 is 11.4 Å². The lowest BCUT2D eigenvalue weighted by molar-refractivity contribution is -0.384. The van der Waals surface area contributed by atoms with E-state index in [0.717, 1.165) is 0 Å². The van der Waals surface area contributed by atoms with E-state index in [1.165, 1.54) is 24.3 Å². The van der Waals surface area contributed by atoms with Crippen molar-refractivity contribution in [2.45, 2.75) is 30.6 Å². The highest BCUT2D eigenvalue weighted by atomic mass is 16.6. The summed E-state index contributed by atoms with van der Waals surface area (Å²) in [5, 5.41) is 51.6. The summed E-state index contributed by atoms with van der Waals surface area (Å²) in [6.45, 7) is -0.544. The molecular weight excluding hydrogens is 284 g/mol. The zero-order valence-corrected chi connectivity index (χ0v) is 10.9. The highest BCUT2D eigenvalue weighted by molar-refractivity contribution is 5.51. The van der Waals surface area contributed by atoms with Crippen LogP contribution in [0.2, 0.25) is 0 Å². The third kappa shape index (κ3) is 3.28. The maximum atomic E-state index is 10.7. The van der Waals surface area contributed by atoms with Crippen molar-refractivity contribution in [1.29, 1.82) is 0 Å². The Kier molecular flexibility index (Phi) is 4.70. The molecule has 0 bridgehead atoms. The maximum Gasteiger partial charge on any atom is 0.271 e. The molecule has 1 fully saturated rings. The Balaban J connectivity index is 2.14. The average molecular weight is 300 g/mol. The van der Waals surface area contributed by atoms with E-state index in [2.05, 4.69) is 5.32 Å². The van der Waals surface area contributed by atoms with E-state index >= 15 is 0 Å². The molecule has 0 saturated carbocycles. The summed E-state index contributed by atoms with van der Waals surface area (Å²) in [5.74, 6) is 0. The summed E-state index contributed by atoms with van der Waals surface area (Å²) in [6.07, 6.45) is -6.58. The number of aliphatic hydroxyl groups is 4. The van der Waals surface area contributed by atoms with Crippen LogP contribution in [0.5, 0.6) is 0 Å². The molecular formula is C12H16N2O7. The van der Waals surface area contributed by atoms with Gasteiger partial charge in [-0.05, 0) is 6.07 Å². The van der Waals surface area contributed by atoms with Gasteiger partial charge in [0.15, 0.2) is 6.23 Å². The van der Waals surface area contributed by atoms with Gasteiger partial charge in [-0.3, -0.25) is 10.1 Å². The Morgan fingerprint density at radius 1 is 1.24 bits per heavy atom. The first-order valence-electron chi connectivity index (χ1n) is 6.25. The third-order valence-corrected chi connectivity index (χ3v) is 3.26. The van der Waals surface area contributed by atoms with E-state index in [0.29, 0.717) is 5.69 Å². The summed E-state index contributed by atoms with van der Waals surface area (Å²) in [4.78, 5) is 10.1. The van der Waals surface area contributed by atoms with Crippen LogP contribution >= 0.6 is 0 Å². The molecule has 0 aliphatic carbocycles. The number of ether oxygens (including phenoxy) is 1. The van der Waals surface area contributed by atoms with Crippen molar-refractivity contribution in [3.05, 3.63) is 34.4 Å². The van der Waals surface area contributed by atoms with Gasteiger partial charge in [0.1, 0.15) is 24.4 Å². The van der Waals surface area contributed by atoms with Crippen LogP contribution in [0, 0.1) is 10.1 Å². The van der Waals surface area contributed by atoms with Crippen LogP contribution in [0.15, 0.2) is 24.3 Å². The van der Waals surface area contributed by atoms with E-state index in [1.54, 1.807) is 0 Å².